The molecule has 0 aromatic carbocycles. The summed E-state index contributed by atoms with van der Waals surface area (Å²) in [6, 6.07) is 1.03. The molecular weight excluding hydrogens is 208 g/mol. The van der Waals surface area contributed by atoms with E-state index in [1.54, 1.807) is 0 Å². The number of thioether (sulfide) groups is 1. The fraction of sp³-hybridized carbons (Fsp3) is 1.00. The van der Waals surface area contributed by atoms with Crippen molar-refractivity contribution in [2.24, 2.45) is 5.73 Å². The average molecular weight is 228 g/mol. The van der Waals surface area contributed by atoms with E-state index in [4.69, 9.17) is 5.73 Å². The van der Waals surface area contributed by atoms with Gasteiger partial charge in [-0.2, -0.15) is 11.8 Å². The number of aliphatic hydroxyl groups is 1. The Balaban J connectivity index is 1.84. The third kappa shape index (κ3) is 1.54. The van der Waals surface area contributed by atoms with E-state index in [0.29, 0.717) is 12.1 Å². The Morgan fingerprint density at radius 2 is 1.93 bits per heavy atom. The second-order valence-corrected chi connectivity index (χ2v) is 6.64. The summed E-state index contributed by atoms with van der Waals surface area (Å²) in [6.45, 7) is 0. The van der Waals surface area contributed by atoms with Crippen molar-refractivity contribution in [3.05, 3.63) is 0 Å². The molecule has 0 amide bonds. The van der Waals surface area contributed by atoms with Crippen LogP contribution in [0.2, 0.25) is 0 Å². The van der Waals surface area contributed by atoms with E-state index >= 15 is 0 Å². The summed E-state index contributed by atoms with van der Waals surface area (Å²) in [6.07, 6.45) is 5.14. The number of piperidine rings is 1. The number of hydrogen-bond donors (Lipinski definition) is 3. The maximum Gasteiger partial charge on any atom is 0.0864 e. The van der Waals surface area contributed by atoms with Crippen LogP contribution in [-0.2, 0) is 0 Å². The lowest BCUT2D eigenvalue weighted by atomic mass is 9.72. The summed E-state index contributed by atoms with van der Waals surface area (Å²) in [5, 5.41) is 14.4. The molecule has 3 aliphatic heterocycles. The zero-order chi connectivity index (χ0) is 10.5. The molecule has 4 heteroatoms. The van der Waals surface area contributed by atoms with Gasteiger partial charge in [-0.1, -0.05) is 0 Å². The Bertz CT molecular complexity index is 253. The van der Waals surface area contributed by atoms with Gasteiger partial charge in [-0.3, -0.25) is 0 Å². The monoisotopic (exact) mass is 228 g/mol. The van der Waals surface area contributed by atoms with E-state index in [2.05, 4.69) is 5.32 Å². The summed E-state index contributed by atoms with van der Waals surface area (Å²) in [4.78, 5) is 0. The molecule has 3 nitrogen and oxygen atoms in total. The lowest BCUT2D eigenvalue weighted by molar-refractivity contribution is -0.0630. The largest absolute Gasteiger partial charge is 0.388 e. The molecule has 3 fully saturated rings. The minimum Gasteiger partial charge on any atom is -0.388 e. The molecule has 0 aromatic heterocycles. The van der Waals surface area contributed by atoms with Crippen LogP contribution in [0.1, 0.15) is 32.1 Å². The van der Waals surface area contributed by atoms with Crippen LogP contribution < -0.4 is 11.1 Å². The highest BCUT2D eigenvalue weighted by Gasteiger charge is 2.54. The minimum atomic E-state index is -0.604. The molecule has 0 radical (unpaired) electrons. The first kappa shape index (κ1) is 10.4. The molecular formula is C11H20N2OS. The molecule has 0 aliphatic carbocycles. The quantitative estimate of drug-likeness (QED) is 0.610. The van der Waals surface area contributed by atoms with Gasteiger partial charge in [0.1, 0.15) is 0 Å². The molecule has 4 N–H and O–H groups in total. The molecule has 2 bridgehead atoms. The second kappa shape index (κ2) is 3.36. The van der Waals surface area contributed by atoms with Gasteiger partial charge < -0.3 is 16.2 Å². The normalized spacial score (nSPS) is 54.8. The van der Waals surface area contributed by atoms with Crippen molar-refractivity contribution in [1.82, 2.24) is 5.32 Å². The fourth-order valence-electron chi connectivity index (χ4n) is 3.48. The molecule has 0 spiro atoms. The third-order valence-corrected chi connectivity index (χ3v) is 5.69. The standard InChI is InChI=1S/C11H20N2OS/c12-10(3-4-15-7-10)11(14)5-8-1-2-9(6-11)13-8/h8-9,13-14H,1-7,12H2. The van der Waals surface area contributed by atoms with Gasteiger partial charge in [0.2, 0.25) is 0 Å². The summed E-state index contributed by atoms with van der Waals surface area (Å²) >= 11 is 1.89. The van der Waals surface area contributed by atoms with Gasteiger partial charge >= 0.3 is 0 Å². The third-order valence-electron chi connectivity index (χ3n) is 4.48. The van der Waals surface area contributed by atoms with Crippen LogP contribution in [0.5, 0.6) is 0 Å². The molecule has 86 valence electrons. The maximum atomic E-state index is 10.8. The van der Waals surface area contributed by atoms with Gasteiger partial charge in [-0.05, 0) is 37.9 Å². The summed E-state index contributed by atoms with van der Waals surface area (Å²) in [7, 11) is 0. The van der Waals surface area contributed by atoms with Crippen LogP contribution in [-0.4, -0.2) is 39.8 Å². The van der Waals surface area contributed by atoms with Crippen molar-refractivity contribution in [2.45, 2.75) is 55.3 Å². The number of nitrogens with one attached hydrogen (secondary N) is 1. The van der Waals surface area contributed by atoms with Gasteiger partial charge in [0.05, 0.1) is 11.1 Å². The predicted octanol–water partition coefficient (Wildman–Crippen LogP) is 0.466. The minimum absolute atomic E-state index is 0.319. The Morgan fingerprint density at radius 1 is 1.27 bits per heavy atom. The summed E-state index contributed by atoms with van der Waals surface area (Å²) in [5.74, 6) is 2.05. The number of nitrogens with two attached hydrogens (primary N) is 1. The van der Waals surface area contributed by atoms with E-state index in [-0.39, 0.29) is 5.54 Å². The highest BCUT2D eigenvalue weighted by Crippen LogP contribution is 2.44. The first-order chi connectivity index (χ1) is 7.11. The molecule has 15 heavy (non-hydrogen) atoms. The van der Waals surface area contributed by atoms with Crippen LogP contribution in [0, 0.1) is 0 Å². The van der Waals surface area contributed by atoms with Gasteiger partial charge in [-0.15, -0.1) is 0 Å². The Hall–Kier alpha value is 0.230. The van der Waals surface area contributed by atoms with Crippen LogP contribution in [0.3, 0.4) is 0 Å². The first-order valence-electron chi connectivity index (χ1n) is 5.96. The molecule has 3 atom stereocenters. The molecule has 3 heterocycles. The van der Waals surface area contributed by atoms with Gasteiger partial charge in [-0.25, -0.2) is 0 Å². The van der Waals surface area contributed by atoms with Gasteiger partial charge in [0, 0.05) is 17.8 Å². The Morgan fingerprint density at radius 3 is 2.47 bits per heavy atom. The van der Waals surface area contributed by atoms with Crippen molar-refractivity contribution < 1.29 is 5.11 Å². The number of rotatable bonds is 1. The van der Waals surface area contributed by atoms with Crippen molar-refractivity contribution in [2.75, 3.05) is 11.5 Å². The average Bonchev–Trinajstić information content (AvgIpc) is 2.75. The predicted molar refractivity (Wildman–Crippen MR) is 63.0 cm³/mol. The van der Waals surface area contributed by atoms with E-state index in [9.17, 15) is 5.11 Å². The van der Waals surface area contributed by atoms with E-state index in [0.717, 1.165) is 30.8 Å². The Kier molecular flexibility index (Phi) is 2.33. The molecule has 0 aromatic rings. The van der Waals surface area contributed by atoms with E-state index in [1.165, 1.54) is 12.8 Å². The Labute approximate surface area is 95.2 Å². The smallest absolute Gasteiger partial charge is 0.0864 e. The van der Waals surface area contributed by atoms with Gasteiger partial charge in [0.25, 0.3) is 0 Å². The summed E-state index contributed by atoms with van der Waals surface area (Å²) < 4.78 is 0. The van der Waals surface area contributed by atoms with E-state index in [1.807, 2.05) is 11.8 Å². The zero-order valence-electron chi connectivity index (χ0n) is 9.04. The molecule has 3 aliphatic rings. The zero-order valence-corrected chi connectivity index (χ0v) is 9.85. The SMILES string of the molecule is NC1(C2(O)CC3CCC(C2)N3)CCSC1. The summed E-state index contributed by atoms with van der Waals surface area (Å²) in [5.41, 5.74) is 5.50. The first-order valence-corrected chi connectivity index (χ1v) is 7.12. The number of hydrogen-bond acceptors (Lipinski definition) is 4. The van der Waals surface area contributed by atoms with Crippen molar-refractivity contribution in [3.8, 4) is 0 Å². The fourth-order valence-corrected chi connectivity index (χ4v) is 4.91. The van der Waals surface area contributed by atoms with E-state index < -0.39 is 5.60 Å². The molecule has 3 unspecified atom stereocenters. The van der Waals surface area contributed by atoms with Crippen LogP contribution >= 0.6 is 11.8 Å². The van der Waals surface area contributed by atoms with Gasteiger partial charge in [0.15, 0.2) is 0 Å². The lowest BCUT2D eigenvalue weighted by Crippen LogP contribution is -2.66. The lowest BCUT2D eigenvalue weighted by Gasteiger charge is -2.47. The molecule has 3 rings (SSSR count). The molecule has 3 saturated heterocycles. The van der Waals surface area contributed by atoms with Crippen molar-refractivity contribution in [1.29, 1.82) is 0 Å². The molecule has 0 saturated carbocycles. The van der Waals surface area contributed by atoms with Crippen LogP contribution in [0.15, 0.2) is 0 Å². The maximum absolute atomic E-state index is 10.8. The van der Waals surface area contributed by atoms with Crippen molar-refractivity contribution in [3.63, 3.8) is 0 Å². The van der Waals surface area contributed by atoms with Crippen LogP contribution in [0.4, 0.5) is 0 Å². The highest BCUT2D eigenvalue weighted by atomic mass is 32.2. The second-order valence-electron chi connectivity index (χ2n) is 5.54. The van der Waals surface area contributed by atoms with Crippen LogP contribution in [0.25, 0.3) is 0 Å². The topological polar surface area (TPSA) is 58.3 Å². The van der Waals surface area contributed by atoms with Crippen molar-refractivity contribution >= 4 is 11.8 Å². The highest BCUT2D eigenvalue weighted by molar-refractivity contribution is 7.99. The number of fused-ring (bicyclic) bond motifs is 2.